The highest BCUT2D eigenvalue weighted by atomic mass is 16.3. The van der Waals surface area contributed by atoms with Crippen LogP contribution >= 0.6 is 0 Å². The fourth-order valence-electron chi connectivity index (χ4n) is 5.64. The summed E-state index contributed by atoms with van der Waals surface area (Å²) in [6, 6.07) is 11.4. The predicted octanol–water partition coefficient (Wildman–Crippen LogP) is 3.43. The quantitative estimate of drug-likeness (QED) is 0.359. The summed E-state index contributed by atoms with van der Waals surface area (Å²) < 4.78 is 1.19. The highest BCUT2D eigenvalue weighted by molar-refractivity contribution is 5.86. The molecule has 1 fully saturated rings. The van der Waals surface area contributed by atoms with Crippen molar-refractivity contribution in [3.8, 4) is 11.4 Å². The molecule has 0 unspecified atom stereocenters. The Morgan fingerprint density at radius 2 is 2.00 bits per heavy atom. The molecule has 0 bridgehead atoms. The number of hydrogen-bond acceptors (Lipinski definition) is 8. The van der Waals surface area contributed by atoms with E-state index in [1.54, 1.807) is 25.3 Å². The molecule has 2 aromatic heterocycles. The second-order valence-corrected chi connectivity index (χ2v) is 9.45. The lowest BCUT2D eigenvalue weighted by Gasteiger charge is -2.37. The molecule has 6 rings (SSSR count). The molecule has 9 heteroatoms. The van der Waals surface area contributed by atoms with E-state index in [2.05, 4.69) is 43.8 Å². The van der Waals surface area contributed by atoms with Gasteiger partial charge in [-0.25, -0.2) is 14.3 Å². The summed E-state index contributed by atoms with van der Waals surface area (Å²) in [7, 11) is 0. The molecule has 2 aliphatic rings. The number of aryl methyl sites for hydroxylation is 1. The molecule has 9 nitrogen and oxygen atoms in total. The molecule has 1 saturated carbocycles. The lowest BCUT2D eigenvalue weighted by Crippen LogP contribution is -2.45. The number of rotatable bonds is 3. The molecular weight excluding hydrogens is 442 g/mol. The van der Waals surface area contributed by atoms with Crippen LogP contribution in [0.3, 0.4) is 0 Å². The largest absolute Gasteiger partial charge is 0.506 e. The number of aromatic nitrogens is 4. The van der Waals surface area contributed by atoms with Crippen LogP contribution in [0.4, 0.5) is 17.5 Å². The van der Waals surface area contributed by atoms with E-state index in [0.717, 1.165) is 18.7 Å². The van der Waals surface area contributed by atoms with Gasteiger partial charge in [-0.15, -0.1) is 0 Å². The summed E-state index contributed by atoms with van der Waals surface area (Å²) in [5, 5.41) is 17.8. The minimum absolute atomic E-state index is 0.0545. The first-order valence-corrected chi connectivity index (χ1v) is 11.9. The van der Waals surface area contributed by atoms with Gasteiger partial charge in [0.05, 0.1) is 11.1 Å². The molecule has 35 heavy (non-hydrogen) atoms. The Bertz CT molecular complexity index is 1500. The Balaban J connectivity index is 1.35. The first-order chi connectivity index (χ1) is 16.9. The number of nitrogens with one attached hydrogen (secondary N) is 2. The van der Waals surface area contributed by atoms with E-state index in [4.69, 9.17) is 5.73 Å². The highest BCUT2D eigenvalue weighted by Gasteiger charge is 2.38. The van der Waals surface area contributed by atoms with Crippen LogP contribution in [0.15, 0.2) is 47.4 Å². The first-order valence-electron chi connectivity index (χ1n) is 11.9. The van der Waals surface area contributed by atoms with Crippen molar-refractivity contribution < 1.29 is 5.11 Å². The standard InChI is InChI=1S/C26H27N7O2/c1-15-5-4-6-20(34)21(15)33-22(27)18-14-28-24(31-23(18)32-25(33)35)30-17-7-8-19-16(13-17)9-12-29-26(19)10-2-3-11-26/h4-8,13-14,29,34H,2-3,9-12,27H2,1H3,(H,30,31,32,35). The van der Waals surface area contributed by atoms with E-state index in [0.29, 0.717) is 22.6 Å². The van der Waals surface area contributed by atoms with Gasteiger partial charge in [-0.05, 0) is 61.1 Å². The van der Waals surface area contributed by atoms with Gasteiger partial charge in [-0.1, -0.05) is 31.0 Å². The molecule has 4 aromatic rings. The van der Waals surface area contributed by atoms with E-state index in [1.807, 2.05) is 0 Å². The number of nitrogens with zero attached hydrogens (tertiary/aromatic N) is 4. The maximum absolute atomic E-state index is 12.9. The van der Waals surface area contributed by atoms with Crippen molar-refractivity contribution in [2.24, 2.45) is 0 Å². The summed E-state index contributed by atoms with van der Waals surface area (Å²) in [5.74, 6) is 0.408. The molecule has 1 aliphatic carbocycles. The zero-order valence-corrected chi connectivity index (χ0v) is 19.5. The van der Waals surface area contributed by atoms with Crippen molar-refractivity contribution in [1.82, 2.24) is 24.8 Å². The van der Waals surface area contributed by atoms with Crippen LogP contribution in [0, 0.1) is 6.92 Å². The molecular formula is C26H27N7O2. The summed E-state index contributed by atoms with van der Waals surface area (Å²) in [6.45, 7) is 2.77. The smallest absolute Gasteiger partial charge is 0.355 e. The molecule has 2 aromatic carbocycles. The third kappa shape index (κ3) is 3.50. The van der Waals surface area contributed by atoms with Crippen LogP contribution in [0.2, 0.25) is 0 Å². The number of para-hydroxylation sites is 1. The average molecular weight is 470 g/mol. The Morgan fingerprint density at radius 3 is 2.80 bits per heavy atom. The first kappa shape index (κ1) is 21.5. The van der Waals surface area contributed by atoms with Crippen LogP contribution in [-0.4, -0.2) is 31.2 Å². The molecule has 1 spiro atoms. The van der Waals surface area contributed by atoms with Crippen molar-refractivity contribution in [3.05, 3.63) is 69.8 Å². The number of phenols is 1. The minimum Gasteiger partial charge on any atom is -0.506 e. The predicted molar refractivity (Wildman–Crippen MR) is 135 cm³/mol. The van der Waals surface area contributed by atoms with Gasteiger partial charge in [0.2, 0.25) is 5.95 Å². The average Bonchev–Trinajstić information content (AvgIpc) is 3.29. The zero-order valence-electron chi connectivity index (χ0n) is 19.5. The summed E-state index contributed by atoms with van der Waals surface area (Å²) in [5.41, 5.74) is 10.7. The normalized spacial score (nSPS) is 16.5. The molecule has 3 heterocycles. The van der Waals surface area contributed by atoms with Gasteiger partial charge >= 0.3 is 5.69 Å². The van der Waals surface area contributed by atoms with Crippen molar-refractivity contribution in [2.75, 3.05) is 17.6 Å². The number of benzene rings is 2. The molecule has 1 aliphatic heterocycles. The van der Waals surface area contributed by atoms with E-state index in [9.17, 15) is 9.90 Å². The highest BCUT2D eigenvalue weighted by Crippen LogP contribution is 2.42. The third-order valence-electron chi connectivity index (χ3n) is 7.31. The van der Waals surface area contributed by atoms with E-state index in [1.165, 1.54) is 47.4 Å². The Labute approximate surface area is 202 Å². The van der Waals surface area contributed by atoms with E-state index >= 15 is 0 Å². The minimum atomic E-state index is -0.618. The summed E-state index contributed by atoms with van der Waals surface area (Å²) in [6.07, 6.45) is 7.43. The topological polar surface area (TPSA) is 131 Å². The Hall–Kier alpha value is -3.98. The number of hydrogen-bond donors (Lipinski definition) is 4. The fourth-order valence-corrected chi connectivity index (χ4v) is 5.64. The van der Waals surface area contributed by atoms with Crippen LogP contribution in [0.25, 0.3) is 16.7 Å². The van der Waals surface area contributed by atoms with Gasteiger partial charge in [-0.2, -0.15) is 9.97 Å². The molecule has 0 saturated heterocycles. The fraction of sp³-hybridized carbons (Fsp3) is 0.308. The molecule has 5 N–H and O–H groups in total. The van der Waals surface area contributed by atoms with Crippen molar-refractivity contribution in [3.63, 3.8) is 0 Å². The van der Waals surface area contributed by atoms with Gasteiger partial charge in [0.15, 0.2) is 5.65 Å². The van der Waals surface area contributed by atoms with Gasteiger partial charge < -0.3 is 21.5 Å². The van der Waals surface area contributed by atoms with Gasteiger partial charge in [0.25, 0.3) is 0 Å². The van der Waals surface area contributed by atoms with Crippen LogP contribution in [-0.2, 0) is 12.0 Å². The molecule has 178 valence electrons. The summed E-state index contributed by atoms with van der Waals surface area (Å²) >= 11 is 0. The Kier molecular flexibility index (Phi) is 4.96. The van der Waals surface area contributed by atoms with Crippen molar-refractivity contribution >= 4 is 28.5 Å². The number of aromatic hydroxyl groups is 1. The zero-order chi connectivity index (χ0) is 24.2. The lowest BCUT2D eigenvalue weighted by atomic mass is 9.81. The second-order valence-electron chi connectivity index (χ2n) is 9.45. The number of anilines is 3. The van der Waals surface area contributed by atoms with E-state index in [-0.39, 0.29) is 22.8 Å². The maximum Gasteiger partial charge on any atom is 0.355 e. The number of phenolic OH excluding ortho intramolecular Hbond substituents is 1. The van der Waals surface area contributed by atoms with Crippen molar-refractivity contribution in [2.45, 2.75) is 44.6 Å². The van der Waals surface area contributed by atoms with Crippen LogP contribution < -0.4 is 22.1 Å². The van der Waals surface area contributed by atoms with Crippen LogP contribution in [0.5, 0.6) is 5.75 Å². The van der Waals surface area contributed by atoms with Crippen LogP contribution in [0.1, 0.15) is 42.4 Å². The maximum atomic E-state index is 12.9. The van der Waals surface area contributed by atoms with E-state index < -0.39 is 5.69 Å². The number of nitrogens with two attached hydrogens (primary N) is 1. The third-order valence-corrected chi connectivity index (χ3v) is 7.31. The monoisotopic (exact) mass is 469 g/mol. The summed E-state index contributed by atoms with van der Waals surface area (Å²) in [4.78, 5) is 25.9. The molecule has 0 amide bonds. The lowest BCUT2D eigenvalue weighted by molar-refractivity contribution is 0.324. The second kappa shape index (κ2) is 8.06. The van der Waals surface area contributed by atoms with Gasteiger partial charge in [0, 0.05) is 24.0 Å². The SMILES string of the molecule is Cc1cccc(O)c1-n1c(N)c2cnc(Nc3ccc4c(c3)CCNC43CCCC3)nc2nc1=O. The number of fused-ring (bicyclic) bond motifs is 3. The van der Waals surface area contributed by atoms with Gasteiger partial charge in [0.1, 0.15) is 11.6 Å². The molecule has 0 radical (unpaired) electrons. The van der Waals surface area contributed by atoms with Gasteiger partial charge in [-0.3, -0.25) is 0 Å². The Morgan fingerprint density at radius 1 is 1.17 bits per heavy atom. The molecule has 0 atom stereocenters. The number of nitrogen functional groups attached to an aromatic ring is 1. The van der Waals surface area contributed by atoms with Crippen molar-refractivity contribution in [1.29, 1.82) is 0 Å².